The number of aromatic amines is 1. The fourth-order valence-corrected chi connectivity index (χ4v) is 0.581. The summed E-state index contributed by atoms with van der Waals surface area (Å²) in [6, 6.07) is 3.71. The Labute approximate surface area is 137 Å². The standard InChI is InChI=1S/C5H5.C4H4N.3CH3.2ClH.H2Si.Zr/c2*1-2-4-5-3-1;;;;;;;/h1-3H,4H2;1-3,5H;3*1H3;2*1H;1H2;/q5*-1;;;;. The molecule has 0 aliphatic heterocycles. The molecule has 2 rings (SSSR count). The summed E-state index contributed by atoms with van der Waals surface area (Å²) in [5.41, 5.74) is 0. The molecule has 1 heterocycles. The average molecular weight is 371 g/mol. The van der Waals surface area contributed by atoms with Gasteiger partial charge in [-0.3, -0.25) is 6.08 Å². The van der Waals surface area contributed by atoms with Gasteiger partial charge in [-0.1, -0.05) is 0 Å². The van der Waals surface area contributed by atoms with Crippen LogP contribution in [0.15, 0.2) is 36.6 Å². The molecule has 0 fully saturated rings. The Kier molecular flexibility index (Phi) is 76.2. The van der Waals surface area contributed by atoms with Crippen molar-refractivity contribution in [3.05, 3.63) is 71.1 Å². The maximum Gasteiger partial charge on any atom is -0.108 e. The number of hydrogen-bond acceptors (Lipinski definition) is 0. The third kappa shape index (κ3) is 31.5. The first-order valence-corrected chi connectivity index (χ1v) is 9.49. The summed E-state index contributed by atoms with van der Waals surface area (Å²) >= 11 is 1.58. The topological polar surface area (TPSA) is 15.8 Å². The summed E-state index contributed by atoms with van der Waals surface area (Å²) in [6.45, 7) is 1.95. The first-order chi connectivity index (χ1) is 6.00. The van der Waals surface area contributed by atoms with Gasteiger partial charge in [-0.2, -0.15) is 24.4 Å². The van der Waals surface area contributed by atoms with Crippen LogP contribution in [-0.4, -0.2) is 11.9 Å². The van der Waals surface area contributed by atoms with E-state index in [1.807, 2.05) is 37.4 Å². The number of aromatic nitrogens is 1. The van der Waals surface area contributed by atoms with E-state index in [0.717, 1.165) is 6.42 Å². The van der Waals surface area contributed by atoms with E-state index in [1.54, 1.807) is 23.3 Å². The number of nitrogens with one attached hydrogen (secondary N) is 1. The van der Waals surface area contributed by atoms with Crippen molar-refractivity contribution >= 4 is 31.7 Å². The van der Waals surface area contributed by atoms with Crippen molar-refractivity contribution in [2.24, 2.45) is 0 Å². The van der Waals surface area contributed by atoms with E-state index in [1.165, 1.54) is 0 Å². The van der Waals surface area contributed by atoms with Gasteiger partial charge >= 0.3 is 30.2 Å². The number of halogens is 2. The Balaban J connectivity index is -0.0000000247. The van der Waals surface area contributed by atoms with Crippen molar-refractivity contribution in [2.75, 3.05) is 0 Å². The Morgan fingerprint density at radius 1 is 1.12 bits per heavy atom. The molecule has 1 aliphatic rings. The Morgan fingerprint density at radius 3 is 1.82 bits per heavy atom. The molecular weight excluding hydrogens is 348 g/mol. The second-order valence-electron chi connectivity index (χ2n) is 1.82. The molecular formula is C12H22Cl2NSiZr-5. The molecule has 0 spiro atoms. The van der Waals surface area contributed by atoms with Crippen molar-refractivity contribution in [1.29, 1.82) is 0 Å². The molecule has 17 heavy (non-hydrogen) atoms. The Morgan fingerprint density at radius 2 is 1.71 bits per heavy atom. The smallest absolute Gasteiger partial charge is 0.108 e. The van der Waals surface area contributed by atoms with E-state index in [0.29, 0.717) is 0 Å². The Bertz CT molecular complexity index is 199. The van der Waals surface area contributed by atoms with Gasteiger partial charge in [0.25, 0.3) is 0 Å². The molecule has 0 atom stereocenters. The maximum absolute atomic E-state index is 2.99. The number of hydrogen-bond donors (Lipinski definition) is 1. The van der Waals surface area contributed by atoms with Crippen LogP contribution >= 0.6 is 24.8 Å². The minimum atomic E-state index is 0. The molecule has 0 unspecified atom stereocenters. The van der Waals surface area contributed by atoms with Gasteiger partial charge in [0.15, 0.2) is 0 Å². The monoisotopic (exact) mass is 368 g/mol. The van der Waals surface area contributed by atoms with Crippen LogP contribution < -0.4 is 0 Å². The van der Waals surface area contributed by atoms with Gasteiger partial charge in [0.05, 0.1) is 0 Å². The molecule has 102 valence electrons. The molecule has 0 saturated carbocycles. The molecule has 5 heteroatoms. The normalized spacial score (nSPS) is 7.71. The predicted octanol–water partition coefficient (Wildman–Crippen LogP) is 3.40. The minimum absolute atomic E-state index is 0. The summed E-state index contributed by atoms with van der Waals surface area (Å²) in [7, 11) is 0. The fourth-order valence-electron chi connectivity index (χ4n) is 0.581. The van der Waals surface area contributed by atoms with Gasteiger partial charge in [0.2, 0.25) is 0 Å². The second-order valence-corrected chi connectivity index (χ2v) is 1.82. The van der Waals surface area contributed by atoms with Gasteiger partial charge in [-0.05, 0) is 0 Å². The van der Waals surface area contributed by atoms with E-state index in [2.05, 4.69) is 23.3 Å². The molecule has 1 aromatic heterocycles. The average Bonchev–Trinajstić information content (AvgIpc) is 2.87. The predicted molar refractivity (Wildman–Crippen MR) is 83.5 cm³/mol. The van der Waals surface area contributed by atoms with Crippen molar-refractivity contribution in [3.63, 3.8) is 0 Å². The zero-order valence-corrected chi connectivity index (χ0v) is 16.2. The van der Waals surface area contributed by atoms with Crippen molar-refractivity contribution in [1.82, 2.24) is 4.98 Å². The van der Waals surface area contributed by atoms with Crippen LogP contribution in [0.2, 0.25) is 0 Å². The van der Waals surface area contributed by atoms with Gasteiger partial charge in [-0.15, -0.1) is 37.4 Å². The third-order valence-corrected chi connectivity index (χ3v) is 1.03. The summed E-state index contributed by atoms with van der Waals surface area (Å²) in [6.07, 6.45) is 14.6. The SMILES string of the molecule is Cl.Cl.[C-]1=CC=CC1.[CH3-].[CH3-].[CH3-].[SiH2]=[Zr].[c-]1ccc[nH]1. The summed E-state index contributed by atoms with van der Waals surface area (Å²) in [5, 5.41) is 0. The molecule has 1 aromatic rings. The van der Waals surface area contributed by atoms with Gasteiger partial charge in [0.1, 0.15) is 0 Å². The van der Waals surface area contributed by atoms with E-state index in [4.69, 9.17) is 0 Å². The molecule has 0 saturated heterocycles. The minimum Gasteiger partial charge on any atom is -0.484 e. The zero-order valence-electron chi connectivity index (χ0n) is 10.7. The maximum atomic E-state index is 2.99. The molecule has 0 radical (unpaired) electrons. The van der Waals surface area contributed by atoms with Gasteiger partial charge in [-0.25, -0.2) is 12.2 Å². The molecule has 0 aromatic carbocycles. The summed E-state index contributed by atoms with van der Waals surface area (Å²) in [5.74, 6) is 0. The summed E-state index contributed by atoms with van der Waals surface area (Å²) < 4.78 is 0. The number of rotatable bonds is 0. The third-order valence-electron chi connectivity index (χ3n) is 1.03. The number of allylic oxidation sites excluding steroid dienone is 4. The van der Waals surface area contributed by atoms with E-state index in [-0.39, 0.29) is 47.1 Å². The first-order valence-electron chi connectivity index (χ1n) is 3.56. The van der Waals surface area contributed by atoms with Crippen LogP contribution in [0.5, 0.6) is 0 Å². The van der Waals surface area contributed by atoms with Crippen LogP contribution in [0, 0.1) is 34.6 Å². The second kappa shape index (κ2) is 36.0. The van der Waals surface area contributed by atoms with Crippen LogP contribution in [0.1, 0.15) is 6.42 Å². The van der Waals surface area contributed by atoms with E-state index >= 15 is 0 Å². The molecule has 0 amide bonds. The molecule has 0 bridgehead atoms. The van der Waals surface area contributed by atoms with Crippen LogP contribution in [0.3, 0.4) is 0 Å². The molecule has 1 aliphatic carbocycles. The van der Waals surface area contributed by atoms with Crippen LogP contribution in [0.25, 0.3) is 0 Å². The van der Waals surface area contributed by atoms with Gasteiger partial charge < -0.3 is 27.3 Å². The first kappa shape index (κ1) is 36.0. The van der Waals surface area contributed by atoms with E-state index in [9.17, 15) is 0 Å². The Hall–Kier alpha value is 0.440. The summed E-state index contributed by atoms with van der Waals surface area (Å²) in [4.78, 5) is 2.74. The zero-order chi connectivity index (χ0) is 9.07. The fraction of sp³-hybridized carbons (Fsp3) is 0.0833. The quantitative estimate of drug-likeness (QED) is 0.532. The van der Waals surface area contributed by atoms with Crippen LogP contribution in [-0.2, 0) is 23.3 Å². The van der Waals surface area contributed by atoms with Crippen molar-refractivity contribution < 1.29 is 23.3 Å². The van der Waals surface area contributed by atoms with E-state index < -0.39 is 0 Å². The number of H-pyrrole nitrogens is 1. The van der Waals surface area contributed by atoms with Gasteiger partial charge in [0, 0.05) is 0 Å². The largest absolute Gasteiger partial charge is 0.484 e. The van der Waals surface area contributed by atoms with Crippen LogP contribution in [0.4, 0.5) is 0 Å². The van der Waals surface area contributed by atoms with Crippen molar-refractivity contribution in [3.8, 4) is 0 Å². The molecule has 1 N–H and O–H groups in total. The molecule has 1 nitrogen and oxygen atoms in total. The van der Waals surface area contributed by atoms with Crippen molar-refractivity contribution in [2.45, 2.75) is 6.42 Å².